The molecule has 3 nitrogen and oxygen atoms in total. The summed E-state index contributed by atoms with van der Waals surface area (Å²) in [4.78, 5) is 14.6. The zero-order valence-electron chi connectivity index (χ0n) is 21.1. The highest BCUT2D eigenvalue weighted by Gasteiger charge is 2.35. The van der Waals surface area contributed by atoms with E-state index in [0.29, 0.717) is 0 Å². The van der Waals surface area contributed by atoms with Crippen molar-refractivity contribution in [1.29, 1.82) is 0 Å². The maximum Gasteiger partial charge on any atom is 0.186 e. The molecule has 0 aliphatic heterocycles. The maximum atomic E-state index is 13.5. The zero-order valence-corrected chi connectivity index (χ0v) is 21.9. The van der Waals surface area contributed by atoms with Gasteiger partial charge >= 0.3 is 0 Å². The van der Waals surface area contributed by atoms with Crippen LogP contribution in [0, 0.1) is 17.8 Å². The number of rotatable bonds is 3. The molecular formula is C30H32N2OS. The number of carbonyl (C=O) groups is 1. The first-order valence-electron chi connectivity index (χ1n) is 11.6. The van der Waals surface area contributed by atoms with Crippen LogP contribution in [-0.4, -0.2) is 5.78 Å². The molecule has 4 heteroatoms. The molecule has 4 rings (SSSR count). The van der Waals surface area contributed by atoms with Crippen LogP contribution in [0.1, 0.15) is 52.0 Å². The van der Waals surface area contributed by atoms with E-state index >= 15 is 0 Å². The van der Waals surface area contributed by atoms with Crippen molar-refractivity contribution < 1.29 is 4.79 Å². The summed E-state index contributed by atoms with van der Waals surface area (Å²) in [5.41, 5.74) is 4.71. The van der Waals surface area contributed by atoms with Crippen molar-refractivity contribution in [3.63, 3.8) is 0 Å². The van der Waals surface area contributed by atoms with Crippen molar-refractivity contribution in [2.24, 2.45) is 21.1 Å². The Kier molecular flexibility index (Phi) is 6.30. The average molecular weight is 469 g/mol. The van der Waals surface area contributed by atoms with E-state index in [-0.39, 0.29) is 16.6 Å². The van der Waals surface area contributed by atoms with Crippen LogP contribution in [-0.2, 0) is 4.79 Å². The highest BCUT2D eigenvalue weighted by atomic mass is 32.1. The van der Waals surface area contributed by atoms with Gasteiger partial charge in [-0.3, -0.25) is 4.79 Å². The van der Waals surface area contributed by atoms with Crippen LogP contribution in [0.15, 0.2) is 93.0 Å². The molecule has 0 atom stereocenters. The lowest BCUT2D eigenvalue weighted by molar-refractivity contribution is -0.114. The number of hydrogen-bond donors (Lipinski definition) is 0. The van der Waals surface area contributed by atoms with Gasteiger partial charge in [-0.05, 0) is 58.4 Å². The number of ketones is 1. The second-order valence-corrected chi connectivity index (χ2v) is 11.8. The summed E-state index contributed by atoms with van der Waals surface area (Å²) >= 11 is 1.67. The zero-order chi connectivity index (χ0) is 24.7. The lowest BCUT2D eigenvalue weighted by atomic mass is 9.71. The van der Waals surface area contributed by atoms with Crippen molar-refractivity contribution in [3.05, 3.63) is 93.2 Å². The summed E-state index contributed by atoms with van der Waals surface area (Å²) in [5, 5.41) is 13.9. The number of Topliss-reactive ketones (excluding diaryl/α,β-unsaturated/α-hetero) is 1. The number of thiophene rings is 1. The Bertz CT molecular complexity index is 1350. The number of allylic oxidation sites excluding steroid dienone is 5. The molecule has 34 heavy (non-hydrogen) atoms. The van der Waals surface area contributed by atoms with Crippen molar-refractivity contribution in [1.82, 2.24) is 0 Å². The van der Waals surface area contributed by atoms with Crippen molar-refractivity contribution >= 4 is 39.3 Å². The van der Waals surface area contributed by atoms with Gasteiger partial charge in [-0.1, -0.05) is 77.9 Å². The highest BCUT2D eigenvalue weighted by molar-refractivity contribution is 7.12. The normalized spacial score (nSPS) is 15.1. The van der Waals surface area contributed by atoms with Gasteiger partial charge in [0.2, 0.25) is 0 Å². The second-order valence-electron chi connectivity index (χ2n) is 10.9. The predicted octanol–water partition coefficient (Wildman–Crippen LogP) is 9.23. The lowest BCUT2D eigenvalue weighted by Crippen LogP contribution is -2.28. The molecule has 0 amide bonds. The fourth-order valence-corrected chi connectivity index (χ4v) is 5.12. The van der Waals surface area contributed by atoms with Crippen LogP contribution in [0.4, 0.5) is 5.69 Å². The van der Waals surface area contributed by atoms with Gasteiger partial charge in [0, 0.05) is 22.1 Å². The summed E-state index contributed by atoms with van der Waals surface area (Å²) in [6.45, 7) is 14.6. The Hall–Kier alpha value is -3.11. The summed E-state index contributed by atoms with van der Waals surface area (Å²) in [6, 6.07) is 16.4. The maximum absolute atomic E-state index is 13.5. The minimum absolute atomic E-state index is 0.120. The summed E-state index contributed by atoms with van der Waals surface area (Å²) in [6.07, 6.45) is 4.05. The van der Waals surface area contributed by atoms with E-state index in [1.165, 1.54) is 5.39 Å². The number of azo groups is 1. The number of aryl methyl sites for hydroxylation is 1. The third-order valence-corrected chi connectivity index (χ3v) is 6.99. The Morgan fingerprint density at radius 3 is 2.12 bits per heavy atom. The Morgan fingerprint density at radius 2 is 1.50 bits per heavy atom. The van der Waals surface area contributed by atoms with Gasteiger partial charge in [-0.15, -0.1) is 16.5 Å². The summed E-state index contributed by atoms with van der Waals surface area (Å²) in [7, 11) is 0. The van der Waals surface area contributed by atoms with Crippen LogP contribution in [0.3, 0.4) is 0 Å². The van der Waals surface area contributed by atoms with Crippen molar-refractivity contribution in [2.75, 3.05) is 0 Å². The third-order valence-electron chi connectivity index (χ3n) is 5.97. The fourth-order valence-electron chi connectivity index (χ4n) is 4.09. The molecule has 0 N–H and O–H groups in total. The van der Waals surface area contributed by atoms with E-state index in [1.807, 2.05) is 30.4 Å². The molecule has 3 aromatic rings. The molecule has 0 spiro atoms. The van der Waals surface area contributed by atoms with Gasteiger partial charge in [-0.25, -0.2) is 0 Å². The van der Waals surface area contributed by atoms with Gasteiger partial charge in [0.05, 0.1) is 10.6 Å². The van der Waals surface area contributed by atoms with E-state index in [2.05, 4.69) is 89.3 Å². The van der Waals surface area contributed by atoms with Gasteiger partial charge in [-0.2, -0.15) is 5.11 Å². The minimum Gasteiger partial charge on any atom is -0.289 e. The Morgan fingerprint density at radius 1 is 0.853 bits per heavy atom. The van der Waals surface area contributed by atoms with Crippen molar-refractivity contribution in [3.8, 4) is 0 Å². The molecule has 0 fully saturated rings. The quantitative estimate of drug-likeness (QED) is 0.353. The Labute approximate surface area is 206 Å². The van der Waals surface area contributed by atoms with Crippen LogP contribution < -0.4 is 0 Å². The van der Waals surface area contributed by atoms with Crippen LogP contribution in [0.25, 0.3) is 16.5 Å². The molecule has 0 radical (unpaired) electrons. The SMILES string of the molecule is Cc1cccc(N=NC(=C2C=C(C(C)(C)C)C(=O)C(C(C)(C)C)=C2)c2scc3ccccc23)c1. The van der Waals surface area contributed by atoms with Gasteiger partial charge < -0.3 is 0 Å². The first-order chi connectivity index (χ1) is 15.9. The minimum atomic E-state index is -0.288. The highest BCUT2D eigenvalue weighted by Crippen LogP contribution is 2.43. The molecule has 1 aromatic heterocycles. The average Bonchev–Trinajstić information content (AvgIpc) is 3.17. The molecule has 1 aliphatic carbocycles. The van der Waals surface area contributed by atoms with Gasteiger partial charge in [0.15, 0.2) is 5.78 Å². The smallest absolute Gasteiger partial charge is 0.186 e. The molecule has 0 unspecified atom stereocenters. The van der Waals surface area contributed by atoms with E-state index < -0.39 is 0 Å². The number of nitrogens with zero attached hydrogens (tertiary/aromatic N) is 2. The van der Waals surface area contributed by atoms with Crippen LogP contribution in [0.5, 0.6) is 0 Å². The molecule has 174 valence electrons. The van der Waals surface area contributed by atoms with E-state index in [0.717, 1.165) is 43.9 Å². The van der Waals surface area contributed by atoms with Crippen LogP contribution in [0.2, 0.25) is 0 Å². The molecular weight excluding hydrogens is 436 g/mol. The molecule has 1 heterocycles. The Balaban J connectivity index is 2.02. The number of carbonyl (C=O) groups excluding carboxylic acids is 1. The fraction of sp³-hybridized carbons (Fsp3) is 0.300. The number of benzene rings is 2. The van der Waals surface area contributed by atoms with E-state index in [1.54, 1.807) is 11.3 Å². The summed E-state index contributed by atoms with van der Waals surface area (Å²) < 4.78 is 0. The standard InChI is InChI=1S/C30H32N2OS/c1-19-11-10-13-22(15-19)31-32-26(28-23-14-9-8-12-20(23)18-34-28)21-16-24(29(2,3)4)27(33)25(17-21)30(5,6)7/h8-18H,1-7H3. The molecule has 0 saturated carbocycles. The van der Waals surface area contributed by atoms with Crippen molar-refractivity contribution in [2.45, 2.75) is 48.5 Å². The van der Waals surface area contributed by atoms with E-state index in [9.17, 15) is 4.79 Å². The largest absolute Gasteiger partial charge is 0.289 e. The monoisotopic (exact) mass is 468 g/mol. The first-order valence-corrected chi connectivity index (χ1v) is 12.5. The second kappa shape index (κ2) is 8.92. The molecule has 0 saturated heterocycles. The summed E-state index contributed by atoms with van der Waals surface area (Å²) in [5.74, 6) is 0.120. The molecule has 2 aromatic carbocycles. The van der Waals surface area contributed by atoms with Gasteiger partial charge in [0.1, 0.15) is 5.70 Å². The van der Waals surface area contributed by atoms with Crippen LogP contribution >= 0.6 is 11.3 Å². The van der Waals surface area contributed by atoms with Gasteiger partial charge in [0.25, 0.3) is 0 Å². The van der Waals surface area contributed by atoms with E-state index in [4.69, 9.17) is 5.11 Å². The predicted molar refractivity (Wildman–Crippen MR) is 145 cm³/mol. The topological polar surface area (TPSA) is 41.8 Å². The number of hydrogen-bond acceptors (Lipinski definition) is 4. The first kappa shape index (κ1) is 24.0. The molecule has 0 bridgehead atoms. The third kappa shape index (κ3) is 4.88. The number of fused-ring (bicyclic) bond motifs is 1. The molecule has 1 aliphatic rings. The lowest BCUT2D eigenvalue weighted by Gasteiger charge is -2.31.